The molecule has 94 valence electrons. The topological polar surface area (TPSA) is 44.2 Å². The Labute approximate surface area is 113 Å². The molecule has 0 radical (unpaired) electrons. The van der Waals surface area contributed by atoms with Crippen molar-refractivity contribution in [1.82, 2.24) is 7.96 Å². The zero-order valence-corrected chi connectivity index (χ0v) is 12.6. The Balaban J connectivity index is 2.05. The minimum absolute atomic E-state index is 0.0257. The van der Waals surface area contributed by atoms with Crippen molar-refractivity contribution in [3.05, 3.63) is 18.2 Å². The third-order valence-electron chi connectivity index (χ3n) is 3.82. The summed E-state index contributed by atoms with van der Waals surface area (Å²) in [5.74, 6) is 0. The average Bonchev–Trinajstić information content (AvgIpc) is 2.81. The van der Waals surface area contributed by atoms with E-state index in [1.807, 2.05) is 18.2 Å². The molecule has 2 heterocycles. The van der Waals surface area contributed by atoms with Gasteiger partial charge in [-0.25, -0.2) is 0 Å². The molecule has 0 spiro atoms. The van der Waals surface area contributed by atoms with E-state index in [1.165, 1.54) is 0 Å². The number of rotatable bonds is 1. The molecule has 2 aromatic rings. The number of nitrogens with zero attached hydrogens (tertiary/aromatic N) is 2. The first kappa shape index (κ1) is 12.4. The molecule has 0 saturated carbocycles. The van der Waals surface area contributed by atoms with Gasteiger partial charge in [-0.1, -0.05) is 0 Å². The first-order valence-corrected chi connectivity index (χ1v) is 7.51. The fraction of sp³-hybridized carbons (Fsp3) is 0.500. The summed E-state index contributed by atoms with van der Waals surface area (Å²) in [5, 5.41) is 0. The molecule has 1 aromatic carbocycles. The van der Waals surface area contributed by atoms with Crippen molar-refractivity contribution in [2.45, 2.75) is 38.9 Å². The number of hydrogen-bond acceptors (Lipinski definition) is 4. The van der Waals surface area contributed by atoms with Gasteiger partial charge in [-0.2, -0.15) is 0 Å². The molecular weight excluding hydrogens is 294 g/mol. The van der Waals surface area contributed by atoms with Crippen LogP contribution in [0.15, 0.2) is 18.2 Å². The van der Waals surface area contributed by atoms with Gasteiger partial charge in [0, 0.05) is 0 Å². The van der Waals surface area contributed by atoms with Crippen molar-refractivity contribution in [3.8, 4) is 0 Å². The van der Waals surface area contributed by atoms with E-state index in [0.717, 1.165) is 16.5 Å². The molecule has 18 heavy (non-hydrogen) atoms. The molecule has 0 atom stereocenters. The molecule has 0 unspecified atom stereocenters. The van der Waals surface area contributed by atoms with Gasteiger partial charge in [0.1, 0.15) is 0 Å². The van der Waals surface area contributed by atoms with Crippen LogP contribution in [0.5, 0.6) is 0 Å². The molecule has 6 heteroatoms. The van der Waals surface area contributed by atoms with Crippen LogP contribution in [-0.4, -0.2) is 41.2 Å². The SMILES string of the molecule is CC1(C)OB(c2cccc3n[se]nc23)OC1(C)C. The Morgan fingerprint density at radius 2 is 1.72 bits per heavy atom. The quantitative estimate of drug-likeness (QED) is 0.737. The van der Waals surface area contributed by atoms with Crippen LogP contribution < -0.4 is 5.46 Å². The van der Waals surface area contributed by atoms with E-state index >= 15 is 0 Å². The fourth-order valence-electron chi connectivity index (χ4n) is 1.99. The Kier molecular flexibility index (Phi) is 2.68. The fourth-order valence-corrected chi connectivity index (χ4v) is 3.16. The summed E-state index contributed by atoms with van der Waals surface area (Å²) in [6.45, 7) is 8.23. The Hall–Kier alpha value is -0.676. The molecule has 0 N–H and O–H groups in total. The van der Waals surface area contributed by atoms with Crippen LogP contribution in [0.25, 0.3) is 11.0 Å². The van der Waals surface area contributed by atoms with Gasteiger partial charge in [0.25, 0.3) is 0 Å². The third kappa shape index (κ3) is 1.76. The summed E-state index contributed by atoms with van der Waals surface area (Å²) in [6, 6.07) is 5.99. The second-order valence-corrected chi connectivity index (χ2v) is 6.68. The van der Waals surface area contributed by atoms with Crippen molar-refractivity contribution in [2.24, 2.45) is 0 Å². The molecule has 1 aliphatic heterocycles. The van der Waals surface area contributed by atoms with Crippen LogP contribution in [-0.2, 0) is 9.31 Å². The summed E-state index contributed by atoms with van der Waals surface area (Å²) in [7, 11) is -0.349. The van der Waals surface area contributed by atoms with Crippen LogP contribution in [0.1, 0.15) is 27.7 Å². The third-order valence-corrected chi connectivity index (χ3v) is 4.96. The van der Waals surface area contributed by atoms with Crippen molar-refractivity contribution >= 4 is 38.6 Å². The molecule has 1 aromatic heterocycles. The number of fused-ring (bicyclic) bond motifs is 1. The van der Waals surface area contributed by atoms with Gasteiger partial charge in [0.2, 0.25) is 0 Å². The predicted octanol–water partition coefficient (Wildman–Crippen LogP) is 0.986. The van der Waals surface area contributed by atoms with Crippen LogP contribution in [0.3, 0.4) is 0 Å². The molecular formula is C12H15BN2O2Se. The zero-order valence-electron chi connectivity index (χ0n) is 10.9. The molecule has 4 nitrogen and oxygen atoms in total. The summed E-state index contributed by atoms with van der Waals surface area (Å²) in [6.07, 6.45) is 0. The maximum atomic E-state index is 6.06. The van der Waals surface area contributed by atoms with E-state index in [9.17, 15) is 0 Å². The van der Waals surface area contributed by atoms with Crippen LogP contribution in [0, 0.1) is 0 Å². The summed E-state index contributed by atoms with van der Waals surface area (Å²) < 4.78 is 21.0. The first-order valence-electron chi connectivity index (χ1n) is 5.97. The summed E-state index contributed by atoms with van der Waals surface area (Å²) in [5.41, 5.74) is 2.26. The van der Waals surface area contributed by atoms with E-state index in [0.29, 0.717) is 0 Å². The monoisotopic (exact) mass is 310 g/mol. The molecule has 0 bridgehead atoms. The van der Waals surface area contributed by atoms with Crippen LogP contribution in [0.4, 0.5) is 0 Å². The van der Waals surface area contributed by atoms with Crippen molar-refractivity contribution < 1.29 is 9.31 Å². The molecule has 1 saturated heterocycles. The van der Waals surface area contributed by atoms with Crippen molar-refractivity contribution in [1.29, 1.82) is 0 Å². The van der Waals surface area contributed by atoms with Gasteiger partial charge in [-0.3, -0.25) is 0 Å². The molecule has 3 rings (SSSR count). The molecule has 0 amide bonds. The Bertz CT molecular complexity index is 581. The second kappa shape index (κ2) is 3.91. The predicted molar refractivity (Wildman–Crippen MR) is 72.2 cm³/mol. The van der Waals surface area contributed by atoms with E-state index in [2.05, 4.69) is 35.7 Å². The minimum atomic E-state index is -0.349. The Morgan fingerprint density at radius 1 is 1.06 bits per heavy atom. The zero-order chi connectivity index (χ0) is 13.0. The maximum absolute atomic E-state index is 6.06. The normalized spacial score (nSPS) is 21.7. The van der Waals surface area contributed by atoms with E-state index in [1.54, 1.807) is 0 Å². The molecule has 1 fully saturated rings. The molecule has 1 aliphatic rings. The number of benzene rings is 1. The van der Waals surface area contributed by atoms with E-state index in [4.69, 9.17) is 9.31 Å². The van der Waals surface area contributed by atoms with Gasteiger partial charge >= 0.3 is 113 Å². The summed E-state index contributed by atoms with van der Waals surface area (Å²) >= 11 is -0.0257. The van der Waals surface area contributed by atoms with Gasteiger partial charge in [0.15, 0.2) is 0 Å². The standard InChI is InChI=1S/C12H15BN2O2Se/c1-11(2)12(3,4)17-13(16-11)8-6-5-7-9-10(8)15-18-14-9/h5-7H,1-4H3. The van der Waals surface area contributed by atoms with Crippen LogP contribution >= 0.6 is 0 Å². The van der Waals surface area contributed by atoms with Crippen LogP contribution in [0.2, 0.25) is 0 Å². The van der Waals surface area contributed by atoms with Crippen molar-refractivity contribution in [2.75, 3.05) is 0 Å². The second-order valence-electron chi connectivity index (χ2n) is 5.57. The van der Waals surface area contributed by atoms with E-state index in [-0.39, 0.29) is 33.3 Å². The summed E-state index contributed by atoms with van der Waals surface area (Å²) in [4.78, 5) is 0. The van der Waals surface area contributed by atoms with Gasteiger partial charge in [-0.05, 0) is 0 Å². The number of hydrogen-bond donors (Lipinski definition) is 0. The van der Waals surface area contributed by atoms with Gasteiger partial charge < -0.3 is 0 Å². The van der Waals surface area contributed by atoms with Gasteiger partial charge in [0.05, 0.1) is 0 Å². The van der Waals surface area contributed by atoms with E-state index < -0.39 is 0 Å². The first-order chi connectivity index (χ1) is 8.41. The average molecular weight is 309 g/mol. The van der Waals surface area contributed by atoms with Crippen molar-refractivity contribution in [3.63, 3.8) is 0 Å². The Morgan fingerprint density at radius 3 is 2.39 bits per heavy atom. The van der Waals surface area contributed by atoms with Gasteiger partial charge in [-0.15, -0.1) is 0 Å². The molecule has 0 aliphatic carbocycles. The number of aromatic nitrogens is 2.